The first kappa shape index (κ1) is 28.7. The van der Waals surface area contributed by atoms with E-state index in [4.69, 9.17) is 0 Å². The number of alkyl halides is 7. The second-order valence-corrected chi connectivity index (χ2v) is 10.6. The van der Waals surface area contributed by atoms with Crippen LogP contribution in [0, 0.1) is 10.1 Å². The summed E-state index contributed by atoms with van der Waals surface area (Å²) < 4.78 is 114. The quantitative estimate of drug-likeness (QED) is 0.199. The Kier molecular flexibility index (Phi) is 8.70. The lowest BCUT2D eigenvalue weighted by Gasteiger charge is -2.27. The molecule has 1 amide bonds. The van der Waals surface area contributed by atoms with Crippen molar-refractivity contribution in [3.05, 3.63) is 52.6 Å². The summed E-state index contributed by atoms with van der Waals surface area (Å²) in [7, 11) is -3.87. The number of nitrogens with zero attached hydrogens (tertiary/aromatic N) is 1. The molecule has 2 aromatic carbocycles. The number of hydrogen-bond acceptors (Lipinski definition) is 6. The molecule has 0 heterocycles. The van der Waals surface area contributed by atoms with Crippen molar-refractivity contribution in [1.29, 1.82) is 0 Å². The van der Waals surface area contributed by atoms with E-state index >= 15 is 0 Å². The van der Waals surface area contributed by atoms with E-state index in [1.165, 1.54) is 12.3 Å². The van der Waals surface area contributed by atoms with Gasteiger partial charge in [0.1, 0.15) is 10.6 Å². The number of thioether (sulfide) groups is 1. The molecule has 0 bridgehead atoms. The molecular weight excluding hydrogens is 553 g/mol. The molecular formula is C18H13F7N2O5S3. The molecule has 35 heavy (non-hydrogen) atoms. The molecule has 1 N–H and O–H groups in total. The Labute approximate surface area is 201 Å². The average Bonchev–Trinajstić information content (AvgIpc) is 2.71. The Morgan fingerprint density at radius 1 is 1.06 bits per heavy atom. The smallest absolute Gasteiger partial charge is 0.325 e. The van der Waals surface area contributed by atoms with Crippen LogP contribution in [-0.2, 0) is 26.4 Å². The fraction of sp³-hybridized carbons (Fsp3) is 0.278. The predicted octanol–water partition coefficient (Wildman–Crippen LogP) is 4.96. The van der Waals surface area contributed by atoms with Crippen LogP contribution in [0.2, 0.25) is 0 Å². The van der Waals surface area contributed by atoms with Crippen molar-refractivity contribution < 1.29 is 48.9 Å². The van der Waals surface area contributed by atoms with E-state index in [1.807, 2.05) is 0 Å². The third-order valence-corrected chi connectivity index (χ3v) is 7.33. The Hall–Kier alpha value is -2.53. The van der Waals surface area contributed by atoms with Gasteiger partial charge in [-0.25, -0.2) is 0 Å². The number of nitro benzene ring substituents is 1. The fourth-order valence-corrected chi connectivity index (χ4v) is 4.88. The first-order chi connectivity index (χ1) is 16.0. The third-order valence-electron chi connectivity index (χ3n) is 4.05. The maximum absolute atomic E-state index is 13.6. The summed E-state index contributed by atoms with van der Waals surface area (Å²) in [5.74, 6) is -8.22. The van der Waals surface area contributed by atoms with Crippen LogP contribution in [0.25, 0.3) is 0 Å². The predicted molar refractivity (Wildman–Crippen MR) is 114 cm³/mol. The molecule has 0 aliphatic heterocycles. The highest BCUT2D eigenvalue weighted by atomic mass is 32.2. The number of anilines is 1. The number of nitro groups is 1. The van der Waals surface area contributed by atoms with Gasteiger partial charge in [-0.05, 0) is 42.1 Å². The number of halogens is 7. The number of benzene rings is 2. The van der Waals surface area contributed by atoms with Gasteiger partial charge in [-0.3, -0.25) is 23.3 Å². The normalized spacial score (nSPS) is 14.3. The highest BCUT2D eigenvalue weighted by Crippen LogP contribution is 2.53. The molecule has 0 fully saturated rings. The summed E-state index contributed by atoms with van der Waals surface area (Å²) in [5.41, 5.74) is -0.954. The highest BCUT2D eigenvalue weighted by Gasteiger charge is 2.73. The van der Waals surface area contributed by atoms with Crippen LogP contribution >= 0.6 is 11.8 Å². The lowest BCUT2D eigenvalue weighted by atomic mass is 10.3. The number of hydrogen-bond donors (Lipinski definition) is 1. The Morgan fingerprint density at radius 3 is 2.23 bits per heavy atom. The zero-order valence-electron chi connectivity index (χ0n) is 17.1. The van der Waals surface area contributed by atoms with E-state index in [9.17, 15) is 54.1 Å². The van der Waals surface area contributed by atoms with Gasteiger partial charge < -0.3 is 5.32 Å². The summed E-state index contributed by atoms with van der Waals surface area (Å²) in [5, 5.41) is 7.78. The highest BCUT2D eigenvalue weighted by molar-refractivity contribution is 8.00. The second-order valence-electron chi connectivity index (χ2n) is 6.60. The number of amides is 1. The van der Waals surface area contributed by atoms with E-state index in [0.29, 0.717) is 6.07 Å². The molecule has 2 aromatic rings. The first-order valence-electron chi connectivity index (χ1n) is 8.88. The van der Waals surface area contributed by atoms with Gasteiger partial charge in [0.25, 0.3) is 5.69 Å². The molecule has 0 spiro atoms. The molecule has 2 atom stereocenters. The lowest BCUT2D eigenvalue weighted by molar-refractivity contribution is -0.388. The van der Waals surface area contributed by atoms with Gasteiger partial charge in [0.15, 0.2) is 0 Å². The van der Waals surface area contributed by atoms with Gasteiger partial charge in [-0.1, -0.05) is 6.07 Å². The molecule has 0 aliphatic carbocycles. The fourth-order valence-electron chi connectivity index (χ4n) is 2.42. The SMILES string of the molecule is CS(=O)c1ccc(S(=O)CC(=O)Nc2cccc(SC(F)(F)C(F)(F)C(F)(F)F)c2)c([N+](=O)[O-])c1. The van der Waals surface area contributed by atoms with Crippen molar-refractivity contribution in [1.82, 2.24) is 0 Å². The lowest BCUT2D eigenvalue weighted by Crippen LogP contribution is -2.49. The van der Waals surface area contributed by atoms with E-state index < -0.39 is 77.9 Å². The van der Waals surface area contributed by atoms with Gasteiger partial charge >= 0.3 is 17.4 Å². The summed E-state index contributed by atoms with van der Waals surface area (Å²) in [6.45, 7) is 0. The zero-order valence-corrected chi connectivity index (χ0v) is 19.6. The van der Waals surface area contributed by atoms with Crippen molar-refractivity contribution in [2.45, 2.75) is 32.0 Å². The zero-order chi connectivity index (χ0) is 26.8. The van der Waals surface area contributed by atoms with Gasteiger partial charge in [0, 0.05) is 27.8 Å². The Morgan fingerprint density at radius 2 is 1.69 bits per heavy atom. The second kappa shape index (κ2) is 10.6. The van der Waals surface area contributed by atoms with Crippen molar-refractivity contribution in [3.8, 4) is 0 Å². The minimum Gasteiger partial charge on any atom is -0.325 e. The van der Waals surface area contributed by atoms with Crippen molar-refractivity contribution in [3.63, 3.8) is 0 Å². The number of carbonyl (C=O) groups excluding carboxylic acids is 1. The maximum atomic E-state index is 13.6. The molecule has 192 valence electrons. The molecule has 0 saturated carbocycles. The van der Waals surface area contributed by atoms with Crippen molar-refractivity contribution in [2.75, 3.05) is 17.3 Å². The molecule has 17 heteroatoms. The standard InChI is InChI=1S/C18H13F7N2O5S3/c1-34(31)12-5-6-14(13(8-12)27(29)30)35(32)9-15(28)26-10-3-2-4-11(7-10)33-18(24,25)16(19,20)17(21,22)23/h2-8H,9H2,1H3,(H,26,28). The molecule has 0 radical (unpaired) electrons. The van der Waals surface area contributed by atoms with Crippen LogP contribution in [-0.4, -0.2) is 48.6 Å². The topological polar surface area (TPSA) is 106 Å². The minimum absolute atomic E-state index is 0.0733. The number of rotatable bonds is 9. The number of carbonyl (C=O) groups is 1. The van der Waals surface area contributed by atoms with Crippen LogP contribution in [0.1, 0.15) is 0 Å². The van der Waals surface area contributed by atoms with Crippen LogP contribution in [0.3, 0.4) is 0 Å². The monoisotopic (exact) mass is 566 g/mol. The molecule has 0 aliphatic rings. The molecule has 7 nitrogen and oxygen atoms in total. The van der Waals surface area contributed by atoms with Gasteiger partial charge in [-0.15, -0.1) is 0 Å². The van der Waals surface area contributed by atoms with Crippen molar-refractivity contribution in [2.24, 2.45) is 0 Å². The van der Waals surface area contributed by atoms with Crippen LogP contribution in [0.15, 0.2) is 57.2 Å². The molecule has 2 rings (SSSR count). The Balaban J connectivity index is 2.17. The summed E-state index contributed by atoms with van der Waals surface area (Å²) in [4.78, 5) is 21.5. The van der Waals surface area contributed by atoms with Crippen LogP contribution in [0.5, 0.6) is 0 Å². The average molecular weight is 566 g/mol. The van der Waals surface area contributed by atoms with E-state index in [2.05, 4.69) is 5.32 Å². The molecule has 2 unspecified atom stereocenters. The van der Waals surface area contributed by atoms with Gasteiger partial charge in [-0.2, -0.15) is 30.7 Å². The maximum Gasteiger partial charge on any atom is 0.460 e. The van der Waals surface area contributed by atoms with E-state index in [-0.39, 0.29) is 15.5 Å². The van der Waals surface area contributed by atoms with Crippen LogP contribution in [0.4, 0.5) is 42.1 Å². The van der Waals surface area contributed by atoms with Crippen LogP contribution < -0.4 is 5.32 Å². The first-order valence-corrected chi connectivity index (χ1v) is 12.6. The summed E-state index contributed by atoms with van der Waals surface area (Å²) >= 11 is -1.07. The number of nitrogens with one attached hydrogen (secondary N) is 1. The van der Waals surface area contributed by atoms with Gasteiger partial charge in [0.05, 0.1) is 26.5 Å². The largest absolute Gasteiger partial charge is 0.460 e. The summed E-state index contributed by atoms with van der Waals surface area (Å²) in [6, 6.07) is 6.79. The minimum atomic E-state index is -6.51. The molecule has 0 saturated heterocycles. The van der Waals surface area contributed by atoms with Gasteiger partial charge in [0.2, 0.25) is 5.91 Å². The van der Waals surface area contributed by atoms with E-state index in [0.717, 1.165) is 30.3 Å². The third kappa shape index (κ3) is 6.78. The van der Waals surface area contributed by atoms with Crippen molar-refractivity contribution >= 4 is 50.6 Å². The summed E-state index contributed by atoms with van der Waals surface area (Å²) in [6.07, 6.45) is -5.25. The molecule has 0 aromatic heterocycles. The van der Waals surface area contributed by atoms with E-state index in [1.54, 1.807) is 0 Å². The Bertz CT molecular complexity index is 1190.